The van der Waals surface area contributed by atoms with Crippen molar-refractivity contribution in [1.82, 2.24) is 0 Å². The molecule has 0 aromatic heterocycles. The highest BCUT2D eigenvalue weighted by Gasteiger charge is 2.64. The van der Waals surface area contributed by atoms with Crippen molar-refractivity contribution < 1.29 is 9.53 Å². The molecule has 0 aromatic rings. The molecule has 2 nitrogen and oxygen atoms in total. The minimum absolute atomic E-state index is 0.126. The second-order valence-electron chi connectivity index (χ2n) is 6.10. The molecular weight excluding hydrogens is 188 g/mol. The molecule has 0 amide bonds. The molecule has 0 radical (unpaired) electrons. The molecule has 2 unspecified atom stereocenters. The summed E-state index contributed by atoms with van der Waals surface area (Å²) in [5, 5.41) is 0. The van der Waals surface area contributed by atoms with Gasteiger partial charge < -0.3 is 4.74 Å². The molecule has 86 valence electrons. The standard InChI is InChI=1S/C13H22O2/c1-10(14)15-13(4)11(2)6-5-7-12(13,3)9-8-11/h5-9H2,1-4H3. The summed E-state index contributed by atoms with van der Waals surface area (Å²) in [6, 6.07) is 0. The summed E-state index contributed by atoms with van der Waals surface area (Å²) in [7, 11) is 0. The Morgan fingerprint density at radius 2 is 1.47 bits per heavy atom. The maximum absolute atomic E-state index is 11.3. The van der Waals surface area contributed by atoms with E-state index < -0.39 is 0 Å². The van der Waals surface area contributed by atoms with Crippen LogP contribution in [0.5, 0.6) is 0 Å². The predicted octanol–water partition coefficient (Wildman–Crippen LogP) is 3.30. The summed E-state index contributed by atoms with van der Waals surface area (Å²) in [6.45, 7) is 8.27. The van der Waals surface area contributed by atoms with Gasteiger partial charge in [-0.2, -0.15) is 0 Å². The summed E-state index contributed by atoms with van der Waals surface area (Å²) in [5.41, 5.74) is 0.154. The fraction of sp³-hybridized carbons (Fsp3) is 0.923. The van der Waals surface area contributed by atoms with Crippen molar-refractivity contribution in [2.75, 3.05) is 0 Å². The van der Waals surface area contributed by atoms with E-state index in [1.165, 1.54) is 39.0 Å². The Morgan fingerprint density at radius 1 is 1.00 bits per heavy atom. The number of hydrogen-bond donors (Lipinski definition) is 0. The molecule has 0 aliphatic heterocycles. The molecule has 2 fully saturated rings. The van der Waals surface area contributed by atoms with E-state index in [1.807, 2.05) is 0 Å². The van der Waals surface area contributed by atoms with Crippen molar-refractivity contribution in [3.05, 3.63) is 0 Å². The van der Waals surface area contributed by atoms with Crippen LogP contribution in [0.3, 0.4) is 0 Å². The molecule has 2 aliphatic carbocycles. The van der Waals surface area contributed by atoms with E-state index in [0.29, 0.717) is 0 Å². The lowest BCUT2D eigenvalue weighted by Crippen LogP contribution is -2.54. The predicted molar refractivity (Wildman–Crippen MR) is 59.5 cm³/mol. The van der Waals surface area contributed by atoms with E-state index in [4.69, 9.17) is 4.74 Å². The average molecular weight is 210 g/mol. The minimum atomic E-state index is -0.246. The largest absolute Gasteiger partial charge is 0.458 e. The summed E-state index contributed by atoms with van der Waals surface area (Å²) < 4.78 is 5.73. The van der Waals surface area contributed by atoms with E-state index in [0.717, 1.165) is 0 Å². The van der Waals surface area contributed by atoms with Crippen LogP contribution in [0.2, 0.25) is 0 Å². The van der Waals surface area contributed by atoms with Gasteiger partial charge in [0.15, 0.2) is 0 Å². The van der Waals surface area contributed by atoms with Crippen LogP contribution in [-0.4, -0.2) is 11.6 Å². The van der Waals surface area contributed by atoms with Crippen molar-refractivity contribution in [2.24, 2.45) is 10.8 Å². The molecule has 0 N–H and O–H groups in total. The highest BCUT2D eigenvalue weighted by Crippen LogP contribution is 2.65. The Morgan fingerprint density at radius 3 is 1.87 bits per heavy atom. The molecule has 0 saturated heterocycles. The van der Waals surface area contributed by atoms with E-state index in [2.05, 4.69) is 20.8 Å². The molecular formula is C13H22O2. The molecule has 0 aromatic carbocycles. The Labute approximate surface area is 92.4 Å². The zero-order valence-corrected chi connectivity index (χ0v) is 10.4. The minimum Gasteiger partial charge on any atom is -0.458 e. The summed E-state index contributed by atoms with van der Waals surface area (Å²) in [6.07, 6.45) is 6.09. The van der Waals surface area contributed by atoms with Crippen LogP contribution in [0.25, 0.3) is 0 Å². The molecule has 2 saturated carbocycles. The Hall–Kier alpha value is -0.530. The molecule has 2 rings (SSSR count). The van der Waals surface area contributed by atoms with Crippen molar-refractivity contribution in [3.63, 3.8) is 0 Å². The third-order valence-electron chi connectivity index (χ3n) is 5.34. The molecule has 2 bridgehead atoms. The molecule has 2 atom stereocenters. The second kappa shape index (κ2) is 2.99. The van der Waals surface area contributed by atoms with Crippen molar-refractivity contribution in [1.29, 1.82) is 0 Å². The Bertz CT molecular complexity index is 279. The first kappa shape index (κ1) is 11.0. The third-order valence-corrected chi connectivity index (χ3v) is 5.34. The Kier molecular flexibility index (Phi) is 2.19. The summed E-state index contributed by atoms with van der Waals surface area (Å²) in [5.74, 6) is -0.126. The smallest absolute Gasteiger partial charge is 0.303 e. The molecule has 0 heterocycles. The first-order valence-corrected chi connectivity index (χ1v) is 6.03. The second-order valence-corrected chi connectivity index (χ2v) is 6.10. The molecule has 2 heteroatoms. The van der Waals surface area contributed by atoms with Gasteiger partial charge >= 0.3 is 5.97 Å². The normalized spacial score (nSPS) is 49.1. The van der Waals surface area contributed by atoms with E-state index in [9.17, 15) is 4.79 Å². The van der Waals surface area contributed by atoms with Crippen LogP contribution in [0.1, 0.15) is 59.8 Å². The number of hydrogen-bond acceptors (Lipinski definition) is 2. The van der Waals surface area contributed by atoms with Gasteiger partial charge in [-0.3, -0.25) is 4.79 Å². The lowest BCUT2D eigenvalue weighted by atomic mass is 9.59. The molecule has 0 spiro atoms. The molecule has 15 heavy (non-hydrogen) atoms. The number of carbonyl (C=O) groups excluding carboxylic acids is 1. The number of esters is 1. The Balaban J connectivity index is 2.39. The number of rotatable bonds is 1. The monoisotopic (exact) mass is 210 g/mol. The highest BCUT2D eigenvalue weighted by molar-refractivity contribution is 5.67. The van der Waals surface area contributed by atoms with Crippen LogP contribution >= 0.6 is 0 Å². The van der Waals surface area contributed by atoms with Gasteiger partial charge in [-0.1, -0.05) is 20.3 Å². The van der Waals surface area contributed by atoms with Crippen molar-refractivity contribution >= 4 is 5.97 Å². The lowest BCUT2D eigenvalue weighted by Gasteiger charge is -2.52. The zero-order chi connectivity index (χ0) is 11.3. The van der Waals surface area contributed by atoms with Gasteiger partial charge in [-0.25, -0.2) is 0 Å². The topological polar surface area (TPSA) is 26.3 Å². The van der Waals surface area contributed by atoms with E-state index >= 15 is 0 Å². The maximum Gasteiger partial charge on any atom is 0.303 e. The number of ether oxygens (including phenoxy) is 1. The van der Waals surface area contributed by atoms with Gasteiger partial charge in [0.1, 0.15) is 5.60 Å². The quantitative estimate of drug-likeness (QED) is 0.621. The van der Waals surface area contributed by atoms with Gasteiger partial charge in [-0.05, 0) is 32.6 Å². The fourth-order valence-electron chi connectivity index (χ4n) is 3.89. The maximum atomic E-state index is 11.3. The lowest BCUT2D eigenvalue weighted by molar-refractivity contribution is -0.193. The van der Waals surface area contributed by atoms with Crippen molar-refractivity contribution in [2.45, 2.75) is 65.4 Å². The number of fused-ring (bicyclic) bond motifs is 2. The van der Waals surface area contributed by atoms with Gasteiger partial charge in [-0.15, -0.1) is 0 Å². The summed E-state index contributed by atoms with van der Waals surface area (Å²) >= 11 is 0. The first-order valence-electron chi connectivity index (χ1n) is 6.03. The van der Waals surface area contributed by atoms with E-state index in [-0.39, 0.29) is 22.4 Å². The van der Waals surface area contributed by atoms with Crippen LogP contribution in [0, 0.1) is 10.8 Å². The highest BCUT2D eigenvalue weighted by atomic mass is 16.6. The summed E-state index contributed by atoms with van der Waals surface area (Å²) in [4.78, 5) is 11.3. The van der Waals surface area contributed by atoms with Gasteiger partial charge in [0.2, 0.25) is 0 Å². The number of carbonyl (C=O) groups is 1. The molecule has 2 aliphatic rings. The van der Waals surface area contributed by atoms with Crippen LogP contribution in [0.4, 0.5) is 0 Å². The fourth-order valence-corrected chi connectivity index (χ4v) is 3.89. The average Bonchev–Trinajstić information content (AvgIpc) is 2.26. The first-order chi connectivity index (χ1) is 6.83. The van der Waals surface area contributed by atoms with Crippen LogP contribution < -0.4 is 0 Å². The van der Waals surface area contributed by atoms with Gasteiger partial charge in [0.25, 0.3) is 0 Å². The van der Waals surface area contributed by atoms with Gasteiger partial charge in [0, 0.05) is 17.8 Å². The SMILES string of the molecule is CC(=O)OC1(C)C2(C)CCCC1(C)CC2. The third kappa shape index (κ3) is 1.26. The van der Waals surface area contributed by atoms with Crippen LogP contribution in [-0.2, 0) is 9.53 Å². The van der Waals surface area contributed by atoms with Crippen LogP contribution in [0.15, 0.2) is 0 Å². The van der Waals surface area contributed by atoms with E-state index in [1.54, 1.807) is 0 Å². The van der Waals surface area contributed by atoms with Gasteiger partial charge in [0.05, 0.1) is 0 Å². The van der Waals surface area contributed by atoms with Crippen molar-refractivity contribution in [3.8, 4) is 0 Å². The zero-order valence-electron chi connectivity index (χ0n) is 10.4.